The Balaban J connectivity index is 1.92. The lowest BCUT2D eigenvalue weighted by atomic mass is 10.1. The highest BCUT2D eigenvalue weighted by molar-refractivity contribution is 7.89. The highest BCUT2D eigenvalue weighted by Crippen LogP contribution is 2.24. The van der Waals surface area contributed by atoms with Crippen molar-refractivity contribution in [1.82, 2.24) is 14.5 Å². The SMILES string of the molecule is Cc1nn(-c2ccccc2)c(C)c1C(=O)C(=O)Nc1ccccc1S(=O)(=O)NC(C)(C)C. The lowest BCUT2D eigenvalue weighted by Crippen LogP contribution is -2.40. The average Bonchev–Trinajstić information content (AvgIpc) is 3.00. The molecule has 32 heavy (non-hydrogen) atoms. The number of aromatic nitrogens is 2. The summed E-state index contributed by atoms with van der Waals surface area (Å²) >= 11 is 0. The predicted octanol–water partition coefficient (Wildman–Crippen LogP) is 3.39. The van der Waals surface area contributed by atoms with E-state index in [4.69, 9.17) is 0 Å². The highest BCUT2D eigenvalue weighted by Gasteiger charge is 2.28. The second-order valence-electron chi connectivity index (χ2n) is 8.43. The Bertz CT molecular complexity index is 1270. The maximum absolute atomic E-state index is 13.0. The van der Waals surface area contributed by atoms with Crippen LogP contribution >= 0.6 is 0 Å². The number of rotatable bonds is 6. The molecule has 0 fully saturated rings. The van der Waals surface area contributed by atoms with Gasteiger partial charge in [-0.3, -0.25) is 9.59 Å². The van der Waals surface area contributed by atoms with E-state index in [0.29, 0.717) is 11.4 Å². The van der Waals surface area contributed by atoms with Crippen molar-refractivity contribution in [3.63, 3.8) is 0 Å². The molecule has 0 saturated carbocycles. The van der Waals surface area contributed by atoms with Crippen molar-refractivity contribution >= 4 is 27.4 Å². The summed E-state index contributed by atoms with van der Waals surface area (Å²) in [5.74, 6) is -1.74. The number of hydrogen-bond donors (Lipinski definition) is 2. The summed E-state index contributed by atoms with van der Waals surface area (Å²) in [6.45, 7) is 8.50. The van der Waals surface area contributed by atoms with E-state index in [9.17, 15) is 18.0 Å². The van der Waals surface area contributed by atoms with Crippen LogP contribution in [0.5, 0.6) is 0 Å². The Morgan fingerprint density at radius 3 is 2.16 bits per heavy atom. The van der Waals surface area contributed by atoms with Crippen LogP contribution in [0.1, 0.15) is 42.5 Å². The maximum atomic E-state index is 13.0. The van der Waals surface area contributed by atoms with Gasteiger partial charge >= 0.3 is 0 Å². The third kappa shape index (κ3) is 4.95. The van der Waals surface area contributed by atoms with Crippen molar-refractivity contribution in [2.45, 2.75) is 45.1 Å². The molecule has 0 aliphatic carbocycles. The van der Waals surface area contributed by atoms with Crippen molar-refractivity contribution < 1.29 is 18.0 Å². The molecule has 0 bridgehead atoms. The predicted molar refractivity (Wildman–Crippen MR) is 123 cm³/mol. The molecule has 2 N–H and O–H groups in total. The molecule has 1 heterocycles. The number of hydrogen-bond acceptors (Lipinski definition) is 5. The number of amides is 1. The quantitative estimate of drug-likeness (QED) is 0.438. The number of aryl methyl sites for hydroxylation is 1. The number of para-hydroxylation sites is 2. The van der Waals surface area contributed by atoms with Crippen molar-refractivity contribution in [1.29, 1.82) is 0 Å². The van der Waals surface area contributed by atoms with Crippen molar-refractivity contribution in [3.05, 3.63) is 71.5 Å². The van der Waals surface area contributed by atoms with Crippen molar-refractivity contribution in [3.8, 4) is 5.69 Å². The minimum Gasteiger partial charge on any atom is -0.318 e. The minimum absolute atomic E-state index is 0.0216. The van der Waals surface area contributed by atoms with Gasteiger partial charge in [0.1, 0.15) is 4.90 Å². The topological polar surface area (TPSA) is 110 Å². The van der Waals surface area contributed by atoms with Crippen LogP contribution in [-0.4, -0.2) is 35.4 Å². The fourth-order valence-electron chi connectivity index (χ4n) is 3.35. The molecule has 8 nitrogen and oxygen atoms in total. The zero-order valence-electron chi connectivity index (χ0n) is 18.6. The number of ketones is 1. The smallest absolute Gasteiger partial charge is 0.296 e. The van der Waals surface area contributed by atoms with Gasteiger partial charge in [0.2, 0.25) is 10.0 Å². The second-order valence-corrected chi connectivity index (χ2v) is 10.1. The van der Waals surface area contributed by atoms with Crippen LogP contribution in [0.25, 0.3) is 5.69 Å². The molecule has 0 saturated heterocycles. The van der Waals surface area contributed by atoms with Crippen LogP contribution in [0.2, 0.25) is 0 Å². The van der Waals surface area contributed by atoms with Gasteiger partial charge in [-0.15, -0.1) is 0 Å². The zero-order valence-corrected chi connectivity index (χ0v) is 19.4. The normalized spacial score (nSPS) is 11.9. The lowest BCUT2D eigenvalue weighted by Gasteiger charge is -2.21. The first-order chi connectivity index (χ1) is 14.9. The second kappa shape index (κ2) is 8.68. The van der Waals surface area contributed by atoms with Gasteiger partial charge < -0.3 is 5.32 Å². The number of carbonyl (C=O) groups is 2. The third-order valence-corrected chi connectivity index (χ3v) is 6.41. The van der Waals surface area contributed by atoms with E-state index in [0.717, 1.165) is 5.69 Å². The minimum atomic E-state index is -3.93. The van der Waals surface area contributed by atoms with Crippen LogP contribution in [0, 0.1) is 13.8 Å². The van der Waals surface area contributed by atoms with Crippen LogP contribution in [-0.2, 0) is 14.8 Å². The number of Topliss-reactive ketones (excluding diaryl/α,β-unsaturated/α-hetero) is 1. The fourth-order valence-corrected chi connectivity index (χ4v) is 4.93. The fraction of sp³-hybridized carbons (Fsp3) is 0.261. The van der Waals surface area contributed by atoms with Gasteiger partial charge in [0, 0.05) is 5.54 Å². The highest BCUT2D eigenvalue weighted by atomic mass is 32.2. The molecule has 0 atom stereocenters. The van der Waals surface area contributed by atoms with Gasteiger partial charge in [-0.1, -0.05) is 30.3 Å². The van der Waals surface area contributed by atoms with Gasteiger partial charge in [-0.2, -0.15) is 5.10 Å². The van der Waals surface area contributed by atoms with Gasteiger partial charge in [0.05, 0.1) is 28.3 Å². The first-order valence-corrected chi connectivity index (χ1v) is 11.5. The third-order valence-electron chi connectivity index (χ3n) is 4.59. The summed E-state index contributed by atoms with van der Waals surface area (Å²) in [7, 11) is -3.93. The Hall–Kier alpha value is -3.30. The number of carbonyl (C=O) groups excluding carboxylic acids is 2. The maximum Gasteiger partial charge on any atom is 0.296 e. The van der Waals surface area contributed by atoms with Gasteiger partial charge in [0.25, 0.3) is 11.7 Å². The molecule has 3 rings (SSSR count). The Morgan fingerprint density at radius 1 is 0.938 bits per heavy atom. The zero-order chi connectivity index (χ0) is 23.7. The summed E-state index contributed by atoms with van der Waals surface area (Å²) in [5, 5.41) is 6.86. The molecular weight excluding hydrogens is 428 g/mol. The van der Waals surface area contributed by atoms with E-state index in [1.165, 1.54) is 12.1 Å². The van der Waals surface area contributed by atoms with E-state index in [-0.39, 0.29) is 16.1 Å². The van der Waals surface area contributed by atoms with Crippen LogP contribution < -0.4 is 10.0 Å². The van der Waals surface area contributed by atoms with Crippen molar-refractivity contribution in [2.24, 2.45) is 0 Å². The number of nitrogens with zero attached hydrogens (tertiary/aromatic N) is 2. The van der Waals surface area contributed by atoms with Crippen LogP contribution in [0.15, 0.2) is 59.5 Å². The Kier molecular flexibility index (Phi) is 6.34. The molecular formula is C23H26N4O4S. The first kappa shape index (κ1) is 23.4. The molecule has 0 aliphatic rings. The molecule has 0 radical (unpaired) electrons. The Morgan fingerprint density at radius 2 is 1.53 bits per heavy atom. The molecule has 168 valence electrons. The summed E-state index contributed by atoms with van der Waals surface area (Å²) in [6, 6.07) is 15.2. The average molecular weight is 455 g/mol. The summed E-state index contributed by atoms with van der Waals surface area (Å²) in [4.78, 5) is 25.7. The number of sulfonamides is 1. The molecule has 3 aromatic rings. The van der Waals surface area contributed by atoms with Gasteiger partial charge in [0.15, 0.2) is 0 Å². The molecule has 1 aromatic heterocycles. The lowest BCUT2D eigenvalue weighted by molar-refractivity contribution is -0.112. The standard InChI is InChI=1S/C23H26N4O4S/c1-15-20(16(2)27(25-15)17-11-7-6-8-12-17)21(28)22(29)24-18-13-9-10-14-19(18)32(30,31)26-23(3,4)5/h6-14,26H,1-5H3,(H,24,29). The summed E-state index contributed by atoms with van der Waals surface area (Å²) in [5.41, 5.74) is 1.17. The largest absolute Gasteiger partial charge is 0.318 e. The van der Waals surface area contributed by atoms with Crippen LogP contribution in [0.4, 0.5) is 5.69 Å². The van der Waals surface area contributed by atoms with E-state index >= 15 is 0 Å². The summed E-state index contributed by atoms with van der Waals surface area (Å²) in [6.07, 6.45) is 0. The molecule has 1 amide bonds. The Labute approximate surface area is 187 Å². The molecule has 0 aliphatic heterocycles. The monoisotopic (exact) mass is 454 g/mol. The van der Waals surface area contributed by atoms with E-state index < -0.39 is 27.3 Å². The summed E-state index contributed by atoms with van der Waals surface area (Å²) < 4.78 is 29.7. The molecule has 0 spiro atoms. The van der Waals surface area contributed by atoms with E-state index in [1.54, 1.807) is 51.4 Å². The van der Waals surface area contributed by atoms with Crippen molar-refractivity contribution in [2.75, 3.05) is 5.32 Å². The van der Waals surface area contributed by atoms with E-state index in [2.05, 4.69) is 15.1 Å². The van der Waals surface area contributed by atoms with Gasteiger partial charge in [-0.05, 0) is 58.9 Å². The number of anilines is 1. The molecule has 0 unspecified atom stereocenters. The van der Waals surface area contributed by atoms with Gasteiger partial charge in [-0.25, -0.2) is 17.8 Å². The first-order valence-electron chi connectivity index (χ1n) is 10.0. The number of benzene rings is 2. The number of nitrogens with one attached hydrogen (secondary N) is 2. The molecule has 9 heteroatoms. The molecule has 2 aromatic carbocycles. The van der Waals surface area contributed by atoms with Crippen LogP contribution in [0.3, 0.4) is 0 Å². The van der Waals surface area contributed by atoms with E-state index in [1.807, 2.05) is 30.3 Å².